The molecule has 1 rings (SSSR count). The number of hydrogen-bond acceptors (Lipinski definition) is 5. The summed E-state index contributed by atoms with van der Waals surface area (Å²) in [7, 11) is 3.27. The molecule has 0 aliphatic heterocycles. The Morgan fingerprint density at radius 1 is 1.12 bits per heavy atom. The van der Waals surface area contributed by atoms with Crippen LogP contribution in [0, 0.1) is 0 Å². The third kappa shape index (κ3) is 7.63. The fourth-order valence-corrected chi connectivity index (χ4v) is 2.54. The van der Waals surface area contributed by atoms with E-state index < -0.39 is 6.10 Å². The zero-order valence-corrected chi connectivity index (χ0v) is 16.8. The monoisotopic (exact) mass is 353 g/mol. The van der Waals surface area contributed by atoms with Gasteiger partial charge in [-0.15, -0.1) is 0 Å². The van der Waals surface area contributed by atoms with Gasteiger partial charge in [-0.05, 0) is 51.8 Å². The predicted molar refractivity (Wildman–Crippen MR) is 101 cm³/mol. The fraction of sp³-hybridized carbons (Fsp3) is 0.700. The van der Waals surface area contributed by atoms with Crippen molar-refractivity contribution in [3.8, 4) is 11.5 Å². The van der Waals surface area contributed by atoms with E-state index in [-0.39, 0.29) is 5.60 Å². The Kier molecular flexibility index (Phi) is 8.69. The Morgan fingerprint density at radius 3 is 2.28 bits per heavy atom. The molecule has 0 aromatic heterocycles. The van der Waals surface area contributed by atoms with Gasteiger partial charge >= 0.3 is 0 Å². The first-order valence-corrected chi connectivity index (χ1v) is 8.97. The molecule has 0 unspecified atom stereocenters. The highest BCUT2D eigenvalue weighted by atomic mass is 16.5. The summed E-state index contributed by atoms with van der Waals surface area (Å²) in [5.41, 5.74) is 0.882. The van der Waals surface area contributed by atoms with Crippen molar-refractivity contribution in [2.45, 2.75) is 65.3 Å². The maximum Gasteiger partial charge on any atom is 0.161 e. The van der Waals surface area contributed by atoms with Gasteiger partial charge in [0.1, 0.15) is 0 Å². The van der Waals surface area contributed by atoms with Crippen molar-refractivity contribution in [3.63, 3.8) is 0 Å². The topological polar surface area (TPSA) is 51.2 Å². The smallest absolute Gasteiger partial charge is 0.161 e. The SMILES string of the molecule is CC[C@H](C)N(Cc1ccc(OC)c(OC)c1)C[C@H](O)COC(C)(C)C. The molecule has 0 aliphatic rings. The van der Waals surface area contributed by atoms with Gasteiger partial charge in [-0.3, -0.25) is 4.90 Å². The van der Waals surface area contributed by atoms with Crippen LogP contribution in [0.2, 0.25) is 0 Å². The summed E-state index contributed by atoms with van der Waals surface area (Å²) in [4.78, 5) is 2.28. The van der Waals surface area contributed by atoms with E-state index in [4.69, 9.17) is 14.2 Å². The summed E-state index contributed by atoms with van der Waals surface area (Å²) in [6, 6.07) is 6.31. The van der Waals surface area contributed by atoms with Gasteiger partial charge in [-0.1, -0.05) is 13.0 Å². The van der Waals surface area contributed by atoms with Gasteiger partial charge < -0.3 is 19.3 Å². The first-order valence-electron chi connectivity index (χ1n) is 8.97. The lowest BCUT2D eigenvalue weighted by Crippen LogP contribution is -2.41. The van der Waals surface area contributed by atoms with Crippen molar-refractivity contribution >= 4 is 0 Å². The molecule has 144 valence electrons. The summed E-state index contributed by atoms with van der Waals surface area (Å²) in [5.74, 6) is 1.45. The van der Waals surface area contributed by atoms with Gasteiger partial charge in [-0.25, -0.2) is 0 Å². The second-order valence-corrected chi connectivity index (χ2v) is 7.45. The Balaban J connectivity index is 2.79. The number of rotatable bonds is 10. The minimum atomic E-state index is -0.520. The third-order valence-electron chi connectivity index (χ3n) is 4.20. The Labute approximate surface area is 152 Å². The standard InChI is InChI=1S/C20H35NO4/c1-8-15(2)21(13-17(22)14-25-20(3,4)5)12-16-9-10-18(23-6)19(11-16)24-7/h9-11,15,17,22H,8,12-14H2,1-7H3/t15-,17-/m0/s1. The Morgan fingerprint density at radius 2 is 1.76 bits per heavy atom. The van der Waals surface area contributed by atoms with Crippen LogP contribution in [-0.2, 0) is 11.3 Å². The summed E-state index contributed by atoms with van der Waals surface area (Å²) >= 11 is 0. The maximum absolute atomic E-state index is 10.4. The van der Waals surface area contributed by atoms with E-state index in [9.17, 15) is 5.11 Å². The lowest BCUT2D eigenvalue weighted by atomic mass is 10.1. The minimum absolute atomic E-state index is 0.245. The molecule has 5 nitrogen and oxygen atoms in total. The summed E-state index contributed by atoms with van der Waals surface area (Å²) < 4.78 is 16.4. The van der Waals surface area contributed by atoms with Crippen LogP contribution in [0.15, 0.2) is 18.2 Å². The van der Waals surface area contributed by atoms with Gasteiger partial charge in [-0.2, -0.15) is 0 Å². The molecule has 0 amide bonds. The van der Waals surface area contributed by atoms with Crippen LogP contribution < -0.4 is 9.47 Å². The molecule has 0 spiro atoms. The first kappa shape index (κ1) is 21.7. The zero-order chi connectivity index (χ0) is 19.0. The van der Waals surface area contributed by atoms with E-state index in [1.165, 1.54) is 0 Å². The highest BCUT2D eigenvalue weighted by molar-refractivity contribution is 5.42. The van der Waals surface area contributed by atoms with Gasteiger partial charge in [0.15, 0.2) is 11.5 Å². The zero-order valence-electron chi connectivity index (χ0n) is 16.8. The third-order valence-corrected chi connectivity index (χ3v) is 4.20. The number of aliphatic hydroxyl groups is 1. The number of aliphatic hydroxyl groups excluding tert-OH is 1. The largest absolute Gasteiger partial charge is 0.493 e. The van der Waals surface area contributed by atoms with Crippen LogP contribution >= 0.6 is 0 Å². The number of benzene rings is 1. The average molecular weight is 354 g/mol. The molecule has 1 aromatic carbocycles. The van der Waals surface area contributed by atoms with Gasteiger partial charge in [0.2, 0.25) is 0 Å². The maximum atomic E-state index is 10.4. The van der Waals surface area contributed by atoms with Crippen LogP contribution in [0.1, 0.15) is 46.6 Å². The molecular formula is C20H35NO4. The predicted octanol–water partition coefficient (Wildman–Crippen LogP) is 3.48. The molecule has 1 N–H and O–H groups in total. The van der Waals surface area contributed by atoms with E-state index in [1.807, 2.05) is 39.0 Å². The molecule has 0 saturated heterocycles. The molecule has 0 saturated carbocycles. The number of hydrogen-bond donors (Lipinski definition) is 1. The molecule has 5 heteroatoms. The second-order valence-electron chi connectivity index (χ2n) is 7.45. The Hall–Kier alpha value is -1.30. The van der Waals surface area contributed by atoms with Crippen LogP contribution in [0.4, 0.5) is 0 Å². The normalized spacial score (nSPS) is 14.4. The lowest BCUT2D eigenvalue weighted by molar-refractivity contribution is -0.0593. The lowest BCUT2D eigenvalue weighted by Gasteiger charge is -2.31. The van der Waals surface area contributed by atoms with Gasteiger partial charge in [0.05, 0.1) is 32.5 Å². The van der Waals surface area contributed by atoms with E-state index in [1.54, 1.807) is 14.2 Å². The quantitative estimate of drug-likeness (QED) is 0.698. The van der Waals surface area contributed by atoms with Crippen LogP contribution in [0.25, 0.3) is 0 Å². The molecule has 0 heterocycles. The molecule has 0 bridgehead atoms. The highest BCUT2D eigenvalue weighted by Crippen LogP contribution is 2.28. The van der Waals surface area contributed by atoms with Crippen molar-refractivity contribution in [2.75, 3.05) is 27.4 Å². The number of ether oxygens (including phenoxy) is 3. The van der Waals surface area contributed by atoms with Crippen molar-refractivity contribution in [1.82, 2.24) is 4.90 Å². The highest BCUT2D eigenvalue weighted by Gasteiger charge is 2.20. The van der Waals surface area contributed by atoms with Gasteiger partial charge in [0.25, 0.3) is 0 Å². The summed E-state index contributed by atoms with van der Waals surface area (Å²) in [6.45, 7) is 12.0. The van der Waals surface area contributed by atoms with Crippen LogP contribution in [-0.4, -0.2) is 55.1 Å². The average Bonchev–Trinajstić information content (AvgIpc) is 2.57. The molecule has 25 heavy (non-hydrogen) atoms. The molecule has 0 radical (unpaired) electrons. The van der Waals surface area contributed by atoms with Crippen LogP contribution in [0.5, 0.6) is 11.5 Å². The van der Waals surface area contributed by atoms with Crippen LogP contribution in [0.3, 0.4) is 0 Å². The van der Waals surface area contributed by atoms with E-state index in [2.05, 4.69) is 18.7 Å². The molecule has 2 atom stereocenters. The van der Waals surface area contributed by atoms with Gasteiger partial charge in [0, 0.05) is 19.1 Å². The Bertz CT molecular complexity index is 513. The second kappa shape index (κ2) is 10.00. The molecule has 0 fully saturated rings. The van der Waals surface area contributed by atoms with Crippen molar-refractivity contribution in [3.05, 3.63) is 23.8 Å². The van der Waals surface area contributed by atoms with E-state index in [0.717, 1.165) is 30.0 Å². The van der Waals surface area contributed by atoms with Crippen molar-refractivity contribution in [1.29, 1.82) is 0 Å². The number of nitrogens with zero attached hydrogens (tertiary/aromatic N) is 1. The summed E-state index contributed by atoms with van der Waals surface area (Å²) in [6.07, 6.45) is 0.494. The van der Waals surface area contributed by atoms with E-state index >= 15 is 0 Å². The minimum Gasteiger partial charge on any atom is -0.493 e. The van der Waals surface area contributed by atoms with E-state index in [0.29, 0.717) is 19.2 Å². The van der Waals surface area contributed by atoms with Crippen molar-refractivity contribution < 1.29 is 19.3 Å². The molecular weight excluding hydrogens is 318 g/mol. The van der Waals surface area contributed by atoms with Crippen molar-refractivity contribution in [2.24, 2.45) is 0 Å². The fourth-order valence-electron chi connectivity index (χ4n) is 2.54. The summed E-state index contributed by atoms with van der Waals surface area (Å²) in [5, 5.41) is 10.4. The first-order chi connectivity index (χ1) is 11.7. The number of methoxy groups -OCH3 is 2. The molecule has 0 aliphatic carbocycles. The molecule has 1 aromatic rings.